The molecule has 0 aromatic rings. The molecule has 150 valence electrons. The SMILES string of the molecule is C[C@]12C[C@@H](F)/C(=N/OC3CNC3)CC1CC[C@@H]1[C@@H]2CC[C@]2(C)C(=O)CC[C@@H]12. The van der Waals surface area contributed by atoms with Crippen molar-refractivity contribution in [3.05, 3.63) is 0 Å². The van der Waals surface area contributed by atoms with E-state index in [0.717, 1.165) is 51.6 Å². The van der Waals surface area contributed by atoms with Crippen LogP contribution in [0.4, 0.5) is 4.39 Å². The number of hydrogen-bond acceptors (Lipinski definition) is 4. The molecule has 1 N–H and O–H groups in total. The van der Waals surface area contributed by atoms with Crippen LogP contribution in [0, 0.1) is 34.5 Å². The molecular weight excluding hydrogens is 343 g/mol. The number of carbonyl (C=O) groups excluding carboxylic acids is 1. The van der Waals surface area contributed by atoms with Crippen molar-refractivity contribution in [3.63, 3.8) is 0 Å². The molecule has 4 saturated carbocycles. The number of ketones is 1. The van der Waals surface area contributed by atoms with Crippen LogP contribution in [0.3, 0.4) is 0 Å². The zero-order chi connectivity index (χ0) is 18.8. The van der Waals surface area contributed by atoms with Crippen LogP contribution < -0.4 is 5.32 Å². The van der Waals surface area contributed by atoms with Crippen molar-refractivity contribution in [1.29, 1.82) is 0 Å². The second kappa shape index (κ2) is 6.27. The van der Waals surface area contributed by atoms with Crippen molar-refractivity contribution >= 4 is 11.5 Å². The van der Waals surface area contributed by atoms with Crippen molar-refractivity contribution in [2.75, 3.05) is 13.1 Å². The zero-order valence-corrected chi connectivity index (χ0v) is 16.7. The van der Waals surface area contributed by atoms with Crippen LogP contribution in [0.25, 0.3) is 0 Å². The average molecular weight is 377 g/mol. The van der Waals surface area contributed by atoms with Crippen LogP contribution in [0.1, 0.15) is 65.2 Å². The van der Waals surface area contributed by atoms with E-state index in [0.29, 0.717) is 41.6 Å². The van der Waals surface area contributed by atoms with Gasteiger partial charge in [0, 0.05) is 24.9 Å². The van der Waals surface area contributed by atoms with Crippen LogP contribution in [-0.4, -0.2) is 36.9 Å². The van der Waals surface area contributed by atoms with E-state index in [2.05, 4.69) is 24.3 Å². The molecular formula is C22H33FN2O2. The van der Waals surface area contributed by atoms with E-state index in [1.165, 1.54) is 6.42 Å². The Morgan fingerprint density at radius 1 is 1.15 bits per heavy atom. The summed E-state index contributed by atoms with van der Waals surface area (Å²) in [7, 11) is 0. The van der Waals surface area contributed by atoms with Crippen LogP contribution in [0.15, 0.2) is 5.16 Å². The maximum atomic E-state index is 15.1. The largest absolute Gasteiger partial charge is 0.390 e. The first-order valence-electron chi connectivity index (χ1n) is 11.0. The number of carbonyl (C=O) groups is 1. The smallest absolute Gasteiger partial charge is 0.152 e. The van der Waals surface area contributed by atoms with Gasteiger partial charge in [0.15, 0.2) is 6.10 Å². The van der Waals surface area contributed by atoms with Crippen LogP contribution in [0.2, 0.25) is 0 Å². The van der Waals surface area contributed by atoms with Gasteiger partial charge in [0.25, 0.3) is 0 Å². The fraction of sp³-hybridized carbons (Fsp3) is 0.909. The number of alkyl halides is 1. The normalized spacial score (nSPS) is 51.3. The summed E-state index contributed by atoms with van der Waals surface area (Å²) in [5.41, 5.74) is 0.595. The predicted molar refractivity (Wildman–Crippen MR) is 102 cm³/mol. The molecule has 5 fully saturated rings. The Bertz CT molecular complexity index is 663. The van der Waals surface area contributed by atoms with Gasteiger partial charge in [0.05, 0.1) is 5.71 Å². The molecule has 0 spiro atoms. The lowest BCUT2D eigenvalue weighted by Gasteiger charge is -2.59. The van der Waals surface area contributed by atoms with Gasteiger partial charge >= 0.3 is 0 Å². The summed E-state index contributed by atoms with van der Waals surface area (Å²) < 4.78 is 15.1. The first-order chi connectivity index (χ1) is 12.9. The van der Waals surface area contributed by atoms with E-state index in [1.54, 1.807) is 0 Å². The second-order valence-corrected chi connectivity index (χ2v) is 10.4. The summed E-state index contributed by atoms with van der Waals surface area (Å²) in [5, 5.41) is 7.40. The fourth-order valence-electron chi connectivity index (χ4n) is 7.42. The Morgan fingerprint density at radius 2 is 1.96 bits per heavy atom. The van der Waals surface area contributed by atoms with Crippen LogP contribution in [-0.2, 0) is 9.63 Å². The predicted octanol–water partition coefficient (Wildman–Crippen LogP) is 3.89. The molecule has 4 aliphatic carbocycles. The fourth-order valence-corrected chi connectivity index (χ4v) is 7.42. The quantitative estimate of drug-likeness (QED) is 0.744. The lowest BCUT2D eigenvalue weighted by molar-refractivity contribution is -0.138. The highest BCUT2D eigenvalue weighted by atomic mass is 19.1. The van der Waals surface area contributed by atoms with E-state index in [9.17, 15) is 4.79 Å². The molecule has 4 nitrogen and oxygen atoms in total. The number of Topliss-reactive ketones (excluding diaryl/α,β-unsaturated/α-hetero) is 1. The molecule has 5 rings (SSSR count). The van der Waals surface area contributed by atoms with Gasteiger partial charge in [0.1, 0.15) is 12.0 Å². The molecule has 0 amide bonds. The molecule has 5 heteroatoms. The van der Waals surface area contributed by atoms with E-state index in [1.807, 2.05) is 0 Å². The Kier molecular flexibility index (Phi) is 4.20. The third-order valence-electron chi connectivity index (χ3n) is 9.27. The van der Waals surface area contributed by atoms with Crippen molar-refractivity contribution in [2.24, 2.45) is 39.7 Å². The summed E-state index contributed by atoms with van der Waals surface area (Å²) in [6.45, 7) is 6.19. The number of halogens is 1. The lowest BCUT2D eigenvalue weighted by atomic mass is 9.45. The third-order valence-corrected chi connectivity index (χ3v) is 9.27. The number of rotatable bonds is 2. The maximum Gasteiger partial charge on any atom is 0.152 e. The topological polar surface area (TPSA) is 50.7 Å². The lowest BCUT2D eigenvalue weighted by Crippen LogP contribution is -2.55. The molecule has 1 aliphatic heterocycles. The van der Waals surface area contributed by atoms with Gasteiger partial charge < -0.3 is 10.2 Å². The number of nitrogens with zero attached hydrogens (tertiary/aromatic N) is 1. The summed E-state index contributed by atoms with van der Waals surface area (Å²) in [6.07, 6.45) is 6.76. The minimum atomic E-state index is -0.975. The van der Waals surface area contributed by atoms with Gasteiger partial charge in [-0.25, -0.2) is 4.39 Å². The Hall–Kier alpha value is -0.970. The van der Waals surface area contributed by atoms with Gasteiger partial charge in [-0.05, 0) is 74.0 Å². The molecule has 1 heterocycles. The number of fused-ring (bicyclic) bond motifs is 5. The molecule has 0 aromatic heterocycles. The summed E-state index contributed by atoms with van der Waals surface area (Å²) in [5.74, 6) is 2.71. The van der Waals surface area contributed by atoms with E-state index >= 15 is 4.39 Å². The second-order valence-electron chi connectivity index (χ2n) is 10.4. The monoisotopic (exact) mass is 376 g/mol. The Morgan fingerprint density at radius 3 is 2.70 bits per heavy atom. The standard InChI is InChI=1S/C22H33FN2O2/c1-21-8-7-17-15(16(21)5-6-20(21)26)4-3-13-9-19(18(23)10-22(13,17)2)25-27-14-11-24-12-14/h13-18,24H,3-12H2,1-2H3/b25-19+/t13?,15-,16-,17-,18+,21-,22-/m0/s1. The molecule has 27 heavy (non-hydrogen) atoms. The third kappa shape index (κ3) is 2.63. The summed E-state index contributed by atoms with van der Waals surface area (Å²) in [6, 6.07) is 0. The molecule has 1 saturated heterocycles. The minimum Gasteiger partial charge on any atom is -0.390 e. The highest BCUT2D eigenvalue weighted by molar-refractivity contribution is 5.89. The highest BCUT2D eigenvalue weighted by Gasteiger charge is 2.61. The molecule has 1 unspecified atom stereocenters. The first kappa shape index (κ1) is 18.1. The van der Waals surface area contributed by atoms with Crippen LogP contribution >= 0.6 is 0 Å². The van der Waals surface area contributed by atoms with Gasteiger partial charge in [-0.3, -0.25) is 4.79 Å². The molecule has 0 aromatic carbocycles. The van der Waals surface area contributed by atoms with E-state index in [4.69, 9.17) is 4.84 Å². The maximum absolute atomic E-state index is 15.1. The van der Waals surface area contributed by atoms with E-state index < -0.39 is 6.17 Å². The van der Waals surface area contributed by atoms with Crippen molar-refractivity contribution in [2.45, 2.75) is 77.5 Å². The van der Waals surface area contributed by atoms with Gasteiger partial charge in [-0.15, -0.1) is 0 Å². The number of hydrogen-bond donors (Lipinski definition) is 1. The molecule has 0 bridgehead atoms. The minimum absolute atomic E-state index is 0.0480. The van der Waals surface area contributed by atoms with E-state index in [-0.39, 0.29) is 16.9 Å². The molecule has 0 radical (unpaired) electrons. The summed E-state index contributed by atoms with van der Waals surface area (Å²) in [4.78, 5) is 18.1. The highest BCUT2D eigenvalue weighted by Crippen LogP contribution is 2.65. The number of oxime groups is 1. The summed E-state index contributed by atoms with van der Waals surface area (Å²) >= 11 is 0. The van der Waals surface area contributed by atoms with Gasteiger partial charge in [-0.1, -0.05) is 19.0 Å². The van der Waals surface area contributed by atoms with Crippen LogP contribution in [0.5, 0.6) is 0 Å². The zero-order valence-electron chi connectivity index (χ0n) is 16.7. The molecule has 7 atom stereocenters. The van der Waals surface area contributed by atoms with Gasteiger partial charge in [0.2, 0.25) is 0 Å². The van der Waals surface area contributed by atoms with Crippen molar-refractivity contribution < 1.29 is 14.0 Å². The Labute approximate surface area is 161 Å². The molecule has 5 aliphatic rings. The van der Waals surface area contributed by atoms with Crippen molar-refractivity contribution in [1.82, 2.24) is 5.32 Å². The Balaban J connectivity index is 1.35. The van der Waals surface area contributed by atoms with Gasteiger partial charge in [-0.2, -0.15) is 0 Å². The van der Waals surface area contributed by atoms with Crippen molar-refractivity contribution in [3.8, 4) is 0 Å². The first-order valence-corrected chi connectivity index (χ1v) is 11.0. The average Bonchev–Trinajstić information content (AvgIpc) is 2.89. The number of nitrogens with one attached hydrogen (secondary N) is 1.